The number of benzene rings is 4. The molecule has 4 rings (SSSR count). The SMILES string of the molecule is O=C(CCC(=O)NN=Cc1ccc(OC(=O)c2ccccc2Br)cc1)NN=Cc1ccc(OC(=O)c2ccccc2Br)cc1. The monoisotopic (exact) mass is 718 g/mol. The van der Waals surface area contributed by atoms with Gasteiger partial charge in [0.15, 0.2) is 0 Å². The minimum atomic E-state index is -0.493. The molecule has 0 bridgehead atoms. The van der Waals surface area contributed by atoms with Crippen molar-refractivity contribution >= 4 is 68.0 Å². The summed E-state index contributed by atoms with van der Waals surface area (Å²) in [5, 5.41) is 7.77. The zero-order chi connectivity index (χ0) is 31.3. The number of carbonyl (C=O) groups is 4. The first-order valence-electron chi connectivity index (χ1n) is 13.1. The van der Waals surface area contributed by atoms with E-state index in [2.05, 4.69) is 52.9 Å². The molecule has 0 aliphatic carbocycles. The number of hydrazone groups is 2. The highest BCUT2D eigenvalue weighted by molar-refractivity contribution is 9.10. The summed E-state index contributed by atoms with van der Waals surface area (Å²) in [5.74, 6) is -1.18. The maximum absolute atomic E-state index is 12.3. The molecule has 0 aromatic heterocycles. The molecule has 12 heteroatoms. The van der Waals surface area contributed by atoms with Crippen LogP contribution in [-0.2, 0) is 9.59 Å². The van der Waals surface area contributed by atoms with Gasteiger partial charge in [0.05, 0.1) is 23.6 Å². The summed E-state index contributed by atoms with van der Waals surface area (Å²) in [4.78, 5) is 48.7. The average Bonchev–Trinajstić information content (AvgIpc) is 3.02. The van der Waals surface area contributed by atoms with Crippen LogP contribution in [0.3, 0.4) is 0 Å². The molecule has 44 heavy (non-hydrogen) atoms. The molecule has 4 aromatic rings. The predicted molar refractivity (Wildman–Crippen MR) is 172 cm³/mol. The van der Waals surface area contributed by atoms with Crippen LogP contribution in [0.1, 0.15) is 44.7 Å². The lowest BCUT2D eigenvalue weighted by molar-refractivity contribution is -0.126. The van der Waals surface area contributed by atoms with Crippen LogP contribution < -0.4 is 20.3 Å². The normalized spacial score (nSPS) is 10.9. The van der Waals surface area contributed by atoms with Gasteiger partial charge in [0.25, 0.3) is 0 Å². The van der Waals surface area contributed by atoms with Gasteiger partial charge in [-0.05, 0) is 116 Å². The maximum atomic E-state index is 12.3. The highest BCUT2D eigenvalue weighted by atomic mass is 79.9. The van der Waals surface area contributed by atoms with E-state index in [1.807, 2.05) is 0 Å². The number of carbonyl (C=O) groups excluding carboxylic acids is 4. The molecule has 0 saturated carbocycles. The van der Waals surface area contributed by atoms with Crippen molar-refractivity contribution in [3.05, 3.63) is 128 Å². The second-order valence-corrected chi connectivity index (χ2v) is 10.7. The molecule has 0 spiro atoms. The van der Waals surface area contributed by atoms with Crippen LogP contribution in [-0.4, -0.2) is 36.2 Å². The van der Waals surface area contributed by atoms with Crippen molar-refractivity contribution in [3.63, 3.8) is 0 Å². The number of nitrogens with one attached hydrogen (secondary N) is 2. The number of rotatable bonds is 11. The Kier molecular flexibility index (Phi) is 11.7. The third kappa shape index (κ3) is 9.82. The van der Waals surface area contributed by atoms with Crippen LogP contribution >= 0.6 is 31.9 Å². The largest absolute Gasteiger partial charge is 0.423 e. The van der Waals surface area contributed by atoms with Crippen molar-refractivity contribution in [1.29, 1.82) is 0 Å². The first-order valence-corrected chi connectivity index (χ1v) is 14.6. The van der Waals surface area contributed by atoms with Gasteiger partial charge >= 0.3 is 11.9 Å². The van der Waals surface area contributed by atoms with Gasteiger partial charge < -0.3 is 9.47 Å². The lowest BCUT2D eigenvalue weighted by Gasteiger charge is -2.06. The zero-order valence-corrected chi connectivity index (χ0v) is 26.1. The van der Waals surface area contributed by atoms with Crippen molar-refractivity contribution in [2.45, 2.75) is 12.8 Å². The molecule has 2 amide bonds. The Morgan fingerprint density at radius 1 is 0.568 bits per heavy atom. The second kappa shape index (κ2) is 16.1. The van der Waals surface area contributed by atoms with Crippen molar-refractivity contribution in [2.75, 3.05) is 0 Å². The molecule has 10 nitrogen and oxygen atoms in total. The minimum absolute atomic E-state index is 0.0970. The van der Waals surface area contributed by atoms with E-state index in [0.717, 1.165) is 0 Å². The quantitative estimate of drug-likeness (QED) is 0.0841. The van der Waals surface area contributed by atoms with Gasteiger partial charge in [-0.1, -0.05) is 24.3 Å². The van der Waals surface area contributed by atoms with Crippen molar-refractivity contribution in [2.24, 2.45) is 10.2 Å². The lowest BCUT2D eigenvalue weighted by Crippen LogP contribution is -2.22. The van der Waals surface area contributed by atoms with Gasteiger partial charge in [0, 0.05) is 21.8 Å². The van der Waals surface area contributed by atoms with Crippen molar-refractivity contribution < 1.29 is 28.7 Å². The van der Waals surface area contributed by atoms with Crippen molar-refractivity contribution in [1.82, 2.24) is 10.9 Å². The zero-order valence-electron chi connectivity index (χ0n) is 22.9. The molecule has 2 N–H and O–H groups in total. The minimum Gasteiger partial charge on any atom is -0.423 e. The Hall–Kier alpha value is -4.94. The molecular formula is C32H24Br2N4O6. The summed E-state index contributed by atoms with van der Waals surface area (Å²) in [5.41, 5.74) is 6.85. The topological polar surface area (TPSA) is 136 Å². The van der Waals surface area contributed by atoms with E-state index in [0.29, 0.717) is 42.7 Å². The van der Waals surface area contributed by atoms with Crippen LogP contribution in [0.15, 0.2) is 116 Å². The summed E-state index contributed by atoms with van der Waals surface area (Å²) < 4.78 is 12.0. The molecule has 0 heterocycles. The van der Waals surface area contributed by atoms with E-state index in [1.54, 1.807) is 97.1 Å². The van der Waals surface area contributed by atoms with E-state index >= 15 is 0 Å². The summed E-state index contributed by atoms with van der Waals surface area (Å²) in [6, 6.07) is 27.0. The summed E-state index contributed by atoms with van der Waals surface area (Å²) in [7, 11) is 0. The maximum Gasteiger partial charge on any atom is 0.344 e. The molecule has 0 radical (unpaired) electrons. The molecule has 0 aliphatic rings. The van der Waals surface area contributed by atoms with E-state index in [-0.39, 0.29) is 12.8 Å². The number of hydrogen-bond acceptors (Lipinski definition) is 8. The second-order valence-electron chi connectivity index (χ2n) is 8.96. The average molecular weight is 720 g/mol. The number of nitrogens with zero attached hydrogens (tertiary/aromatic N) is 2. The fourth-order valence-corrected chi connectivity index (χ4v) is 4.41. The highest BCUT2D eigenvalue weighted by Gasteiger charge is 2.13. The fraction of sp³-hybridized carbons (Fsp3) is 0.0625. The van der Waals surface area contributed by atoms with Gasteiger partial charge in [0.2, 0.25) is 11.8 Å². The predicted octanol–water partition coefficient (Wildman–Crippen LogP) is 6.03. The first kappa shape index (κ1) is 32.0. The molecule has 222 valence electrons. The van der Waals surface area contributed by atoms with Gasteiger partial charge in [-0.2, -0.15) is 10.2 Å². The molecule has 0 unspecified atom stereocenters. The third-order valence-corrected chi connectivity index (χ3v) is 7.14. The summed E-state index contributed by atoms with van der Waals surface area (Å²) in [6.07, 6.45) is 2.66. The third-order valence-electron chi connectivity index (χ3n) is 5.75. The van der Waals surface area contributed by atoms with Gasteiger partial charge in [0.1, 0.15) is 11.5 Å². The Morgan fingerprint density at radius 2 is 0.932 bits per heavy atom. The van der Waals surface area contributed by atoms with Crippen LogP contribution in [0.5, 0.6) is 11.5 Å². The standard InChI is InChI=1S/C32H24Br2N4O6/c33-27-7-3-1-5-25(27)31(41)43-23-13-9-21(10-14-23)19-35-37-29(39)17-18-30(40)38-36-20-22-11-15-24(16-12-22)44-32(42)26-6-2-4-8-28(26)34/h1-16,19-20H,17-18H2,(H,37,39)(H,38,40). The molecule has 0 aliphatic heterocycles. The Bertz CT molecular complexity index is 1580. The molecule has 4 aromatic carbocycles. The fourth-order valence-electron chi connectivity index (χ4n) is 3.52. The number of esters is 2. The summed E-state index contributed by atoms with van der Waals surface area (Å²) in [6.45, 7) is 0. The number of hydrogen-bond donors (Lipinski definition) is 2. The Labute approximate surface area is 269 Å². The van der Waals surface area contributed by atoms with Crippen LogP contribution in [0.2, 0.25) is 0 Å². The number of halogens is 2. The summed E-state index contributed by atoms with van der Waals surface area (Å²) >= 11 is 6.64. The van der Waals surface area contributed by atoms with E-state index in [4.69, 9.17) is 9.47 Å². The highest BCUT2D eigenvalue weighted by Crippen LogP contribution is 2.20. The Morgan fingerprint density at radius 3 is 1.30 bits per heavy atom. The molecular weight excluding hydrogens is 696 g/mol. The van der Waals surface area contributed by atoms with Gasteiger partial charge in [-0.15, -0.1) is 0 Å². The Balaban J connectivity index is 1.14. The van der Waals surface area contributed by atoms with Crippen LogP contribution in [0, 0.1) is 0 Å². The van der Waals surface area contributed by atoms with E-state index < -0.39 is 23.8 Å². The van der Waals surface area contributed by atoms with E-state index in [9.17, 15) is 19.2 Å². The first-order chi connectivity index (χ1) is 21.3. The molecule has 0 fully saturated rings. The molecule has 0 saturated heterocycles. The lowest BCUT2D eigenvalue weighted by atomic mass is 10.2. The van der Waals surface area contributed by atoms with Crippen LogP contribution in [0.25, 0.3) is 0 Å². The smallest absolute Gasteiger partial charge is 0.344 e. The van der Waals surface area contributed by atoms with Crippen molar-refractivity contribution in [3.8, 4) is 11.5 Å². The van der Waals surface area contributed by atoms with Crippen LogP contribution in [0.4, 0.5) is 0 Å². The molecule has 0 atom stereocenters. The number of amides is 2. The number of ether oxygens (including phenoxy) is 2. The van der Waals surface area contributed by atoms with Gasteiger partial charge in [-0.25, -0.2) is 20.4 Å². The van der Waals surface area contributed by atoms with E-state index in [1.165, 1.54) is 12.4 Å². The van der Waals surface area contributed by atoms with Gasteiger partial charge in [-0.3, -0.25) is 9.59 Å².